The quantitative estimate of drug-likeness (QED) is 0.574. The summed E-state index contributed by atoms with van der Waals surface area (Å²) in [7, 11) is 0. The second-order valence-corrected chi connectivity index (χ2v) is 3.59. The van der Waals surface area contributed by atoms with Gasteiger partial charge in [-0.05, 0) is 19.8 Å². The lowest BCUT2D eigenvalue weighted by Gasteiger charge is -1.90. The molecule has 1 aromatic heterocycles. The number of rotatable bonds is 4. The van der Waals surface area contributed by atoms with Gasteiger partial charge in [-0.2, -0.15) is 0 Å². The normalized spacial score (nSPS) is 11.1. The first-order valence-electron chi connectivity index (χ1n) is 4.02. The topological polar surface area (TPSA) is 51.8 Å². The predicted molar refractivity (Wildman–Crippen MR) is 52.1 cm³/mol. The van der Waals surface area contributed by atoms with E-state index in [9.17, 15) is 0 Å². The van der Waals surface area contributed by atoms with Gasteiger partial charge in [0.25, 0.3) is 0 Å². The van der Waals surface area contributed by atoms with Crippen molar-refractivity contribution in [3.05, 3.63) is 17.2 Å². The van der Waals surface area contributed by atoms with Gasteiger partial charge < -0.3 is 5.73 Å². The summed E-state index contributed by atoms with van der Waals surface area (Å²) in [6.45, 7) is 2.03. The van der Waals surface area contributed by atoms with Crippen molar-refractivity contribution in [2.45, 2.75) is 26.2 Å². The molecule has 0 fully saturated rings. The number of aromatic nitrogens is 2. The minimum atomic E-state index is 0.566. The smallest absolute Gasteiger partial charge is 0.203 e. The molecule has 1 heterocycles. The summed E-state index contributed by atoms with van der Waals surface area (Å²) in [6, 6.07) is 0. The molecule has 0 atom stereocenters. The molecule has 12 heavy (non-hydrogen) atoms. The SMILES string of the molecule is CC=CCCCc1nnc(N)s1. The molecule has 0 bridgehead atoms. The first kappa shape index (κ1) is 9.19. The van der Waals surface area contributed by atoms with Crippen LogP contribution in [0.1, 0.15) is 24.8 Å². The van der Waals surface area contributed by atoms with Gasteiger partial charge >= 0.3 is 0 Å². The van der Waals surface area contributed by atoms with Gasteiger partial charge in [0, 0.05) is 6.42 Å². The summed E-state index contributed by atoms with van der Waals surface area (Å²) < 4.78 is 0. The highest BCUT2D eigenvalue weighted by Gasteiger charge is 1.98. The zero-order valence-corrected chi connectivity index (χ0v) is 7.97. The average Bonchev–Trinajstić information content (AvgIpc) is 2.45. The maximum Gasteiger partial charge on any atom is 0.203 e. The van der Waals surface area contributed by atoms with Gasteiger partial charge in [0.1, 0.15) is 5.01 Å². The van der Waals surface area contributed by atoms with E-state index in [0.29, 0.717) is 5.13 Å². The van der Waals surface area contributed by atoms with Crippen molar-refractivity contribution in [1.29, 1.82) is 0 Å². The van der Waals surface area contributed by atoms with Gasteiger partial charge in [-0.3, -0.25) is 0 Å². The number of nitrogens with two attached hydrogens (primary N) is 1. The second kappa shape index (κ2) is 4.87. The number of nitrogens with zero attached hydrogens (tertiary/aromatic N) is 2. The Kier molecular flexibility index (Phi) is 3.73. The first-order valence-corrected chi connectivity index (χ1v) is 4.83. The van der Waals surface area contributed by atoms with Crippen LogP contribution in [0.4, 0.5) is 5.13 Å². The summed E-state index contributed by atoms with van der Waals surface area (Å²) in [6.07, 6.45) is 7.44. The lowest BCUT2D eigenvalue weighted by atomic mass is 10.2. The van der Waals surface area contributed by atoms with E-state index in [0.717, 1.165) is 24.3 Å². The number of hydrogen-bond donors (Lipinski definition) is 1. The average molecular weight is 183 g/mol. The summed E-state index contributed by atoms with van der Waals surface area (Å²) >= 11 is 1.48. The van der Waals surface area contributed by atoms with Crippen molar-refractivity contribution in [2.24, 2.45) is 0 Å². The Labute approximate surface area is 76.3 Å². The summed E-state index contributed by atoms with van der Waals surface area (Å²) in [5.41, 5.74) is 5.44. The molecule has 0 radical (unpaired) electrons. The maximum absolute atomic E-state index is 5.44. The van der Waals surface area contributed by atoms with Crippen molar-refractivity contribution in [2.75, 3.05) is 5.73 Å². The molecule has 0 aliphatic carbocycles. The fraction of sp³-hybridized carbons (Fsp3) is 0.500. The minimum Gasteiger partial charge on any atom is -0.374 e. The van der Waals surface area contributed by atoms with E-state index in [1.54, 1.807) is 0 Å². The van der Waals surface area contributed by atoms with Crippen molar-refractivity contribution >= 4 is 16.5 Å². The minimum absolute atomic E-state index is 0.566. The van der Waals surface area contributed by atoms with Gasteiger partial charge in [0.05, 0.1) is 0 Å². The molecule has 1 aromatic rings. The Morgan fingerprint density at radius 3 is 2.92 bits per heavy atom. The molecule has 2 N–H and O–H groups in total. The summed E-state index contributed by atoms with van der Waals surface area (Å²) in [5, 5.41) is 9.28. The van der Waals surface area contributed by atoms with Crippen LogP contribution in [0.2, 0.25) is 0 Å². The van der Waals surface area contributed by atoms with Gasteiger partial charge in [-0.1, -0.05) is 23.5 Å². The first-order chi connectivity index (χ1) is 5.83. The van der Waals surface area contributed by atoms with Crippen molar-refractivity contribution < 1.29 is 0 Å². The number of unbranched alkanes of at least 4 members (excludes halogenated alkanes) is 1. The second-order valence-electron chi connectivity index (χ2n) is 2.50. The van der Waals surface area contributed by atoms with Crippen molar-refractivity contribution in [1.82, 2.24) is 10.2 Å². The maximum atomic E-state index is 5.44. The molecule has 0 aliphatic heterocycles. The van der Waals surface area contributed by atoms with Gasteiger partial charge in [-0.15, -0.1) is 10.2 Å². The highest BCUT2D eigenvalue weighted by atomic mass is 32.1. The monoisotopic (exact) mass is 183 g/mol. The number of aryl methyl sites for hydroxylation is 1. The van der Waals surface area contributed by atoms with Crippen LogP contribution in [0.3, 0.4) is 0 Å². The Morgan fingerprint density at radius 2 is 2.33 bits per heavy atom. The van der Waals surface area contributed by atoms with Crippen LogP contribution in [-0.4, -0.2) is 10.2 Å². The van der Waals surface area contributed by atoms with Gasteiger partial charge in [0.2, 0.25) is 5.13 Å². The summed E-state index contributed by atoms with van der Waals surface area (Å²) in [4.78, 5) is 0. The number of anilines is 1. The molecule has 66 valence electrons. The van der Waals surface area contributed by atoms with E-state index in [1.165, 1.54) is 11.3 Å². The Morgan fingerprint density at radius 1 is 1.50 bits per heavy atom. The zero-order chi connectivity index (χ0) is 8.81. The molecule has 0 saturated heterocycles. The summed E-state index contributed by atoms with van der Waals surface area (Å²) in [5.74, 6) is 0. The van der Waals surface area contributed by atoms with E-state index in [-0.39, 0.29) is 0 Å². The number of allylic oxidation sites excluding steroid dienone is 2. The molecule has 1 rings (SSSR count). The van der Waals surface area contributed by atoms with E-state index in [2.05, 4.69) is 22.3 Å². The third-order valence-electron chi connectivity index (χ3n) is 1.48. The fourth-order valence-corrected chi connectivity index (χ4v) is 1.56. The lowest BCUT2D eigenvalue weighted by molar-refractivity contribution is 0.819. The zero-order valence-electron chi connectivity index (χ0n) is 7.16. The molecule has 0 spiro atoms. The lowest BCUT2D eigenvalue weighted by Crippen LogP contribution is -1.83. The van der Waals surface area contributed by atoms with Crippen LogP contribution in [-0.2, 0) is 6.42 Å². The van der Waals surface area contributed by atoms with Crippen LogP contribution in [0, 0.1) is 0 Å². The molecular formula is C8H13N3S. The third-order valence-corrected chi connectivity index (χ3v) is 2.29. The van der Waals surface area contributed by atoms with Crippen LogP contribution in [0.25, 0.3) is 0 Å². The van der Waals surface area contributed by atoms with E-state index in [1.807, 2.05) is 6.92 Å². The number of hydrogen-bond acceptors (Lipinski definition) is 4. The van der Waals surface area contributed by atoms with Gasteiger partial charge in [-0.25, -0.2) is 0 Å². The molecular weight excluding hydrogens is 170 g/mol. The van der Waals surface area contributed by atoms with Crippen molar-refractivity contribution in [3.8, 4) is 0 Å². The predicted octanol–water partition coefficient (Wildman–Crippen LogP) is 2.02. The standard InChI is InChI=1S/C8H13N3S/c1-2-3-4-5-6-7-10-11-8(9)12-7/h2-3H,4-6H2,1H3,(H2,9,11). The molecule has 4 heteroatoms. The fourth-order valence-electron chi connectivity index (χ4n) is 0.905. The molecule has 0 saturated carbocycles. The Bertz CT molecular complexity index is 255. The van der Waals surface area contributed by atoms with Crippen LogP contribution < -0.4 is 5.73 Å². The number of nitrogen functional groups attached to an aromatic ring is 1. The van der Waals surface area contributed by atoms with E-state index >= 15 is 0 Å². The third kappa shape index (κ3) is 3.00. The highest BCUT2D eigenvalue weighted by molar-refractivity contribution is 7.15. The van der Waals surface area contributed by atoms with Gasteiger partial charge in [0.15, 0.2) is 0 Å². The van der Waals surface area contributed by atoms with Crippen LogP contribution >= 0.6 is 11.3 Å². The Balaban J connectivity index is 2.24. The molecule has 0 amide bonds. The highest BCUT2D eigenvalue weighted by Crippen LogP contribution is 2.13. The largest absolute Gasteiger partial charge is 0.374 e. The molecule has 0 unspecified atom stereocenters. The van der Waals surface area contributed by atoms with Crippen LogP contribution in [0.15, 0.2) is 12.2 Å². The molecule has 0 aliphatic rings. The van der Waals surface area contributed by atoms with E-state index < -0.39 is 0 Å². The van der Waals surface area contributed by atoms with Crippen molar-refractivity contribution in [3.63, 3.8) is 0 Å². The Hall–Kier alpha value is -0.900. The molecule has 0 aromatic carbocycles. The van der Waals surface area contributed by atoms with E-state index in [4.69, 9.17) is 5.73 Å². The molecule has 3 nitrogen and oxygen atoms in total. The van der Waals surface area contributed by atoms with Crippen LogP contribution in [0.5, 0.6) is 0 Å².